The van der Waals surface area contributed by atoms with E-state index in [0.29, 0.717) is 19.7 Å². The average Bonchev–Trinajstić information content (AvgIpc) is 3.46. The minimum Gasteiger partial charge on any atom is -0.493 e. The second-order valence-electron chi connectivity index (χ2n) is 6.97. The first-order chi connectivity index (χ1) is 12.6. The van der Waals surface area contributed by atoms with Crippen molar-refractivity contribution in [1.29, 1.82) is 0 Å². The molecular weight excluding hydrogens is 344 g/mol. The standard InChI is InChI=1S/C21H26N2O2S/c1-23(14-17-7-6-10-19(13-17)26-2)20(24)22-15-21(11-12-21)16-25-18-8-4-3-5-9-18/h3-10,13H,11-12,14-16H2,1-2H3,(H,22,24). The Balaban J connectivity index is 1.45. The molecular formula is C21H26N2O2S. The van der Waals surface area contributed by atoms with Gasteiger partial charge in [-0.2, -0.15) is 0 Å². The highest BCUT2D eigenvalue weighted by Crippen LogP contribution is 2.45. The summed E-state index contributed by atoms with van der Waals surface area (Å²) < 4.78 is 5.88. The minimum atomic E-state index is -0.0365. The molecule has 2 amide bonds. The van der Waals surface area contributed by atoms with Crippen molar-refractivity contribution in [2.75, 3.05) is 26.5 Å². The van der Waals surface area contributed by atoms with Crippen molar-refractivity contribution in [3.8, 4) is 5.75 Å². The molecule has 0 bridgehead atoms. The van der Waals surface area contributed by atoms with Crippen LogP contribution in [0.1, 0.15) is 18.4 Å². The van der Waals surface area contributed by atoms with Crippen LogP contribution in [0.2, 0.25) is 0 Å². The highest BCUT2D eigenvalue weighted by atomic mass is 32.2. The van der Waals surface area contributed by atoms with E-state index in [1.165, 1.54) is 4.90 Å². The molecule has 1 fully saturated rings. The van der Waals surface area contributed by atoms with Crippen LogP contribution >= 0.6 is 11.8 Å². The van der Waals surface area contributed by atoms with Gasteiger partial charge in [0.2, 0.25) is 0 Å². The van der Waals surface area contributed by atoms with E-state index in [1.54, 1.807) is 16.7 Å². The highest BCUT2D eigenvalue weighted by molar-refractivity contribution is 7.98. The van der Waals surface area contributed by atoms with Gasteiger partial charge in [0, 0.05) is 30.4 Å². The Labute approximate surface area is 159 Å². The number of carbonyl (C=O) groups is 1. The van der Waals surface area contributed by atoms with Crippen molar-refractivity contribution in [3.63, 3.8) is 0 Å². The molecule has 0 aliphatic heterocycles. The van der Waals surface area contributed by atoms with Crippen molar-refractivity contribution in [2.45, 2.75) is 24.3 Å². The lowest BCUT2D eigenvalue weighted by atomic mass is 10.1. The highest BCUT2D eigenvalue weighted by Gasteiger charge is 2.43. The summed E-state index contributed by atoms with van der Waals surface area (Å²) in [7, 11) is 1.83. The van der Waals surface area contributed by atoms with Gasteiger partial charge in [-0.15, -0.1) is 11.8 Å². The molecule has 0 heterocycles. The Hall–Kier alpha value is -2.14. The topological polar surface area (TPSA) is 41.6 Å². The quantitative estimate of drug-likeness (QED) is 0.700. The van der Waals surface area contributed by atoms with Crippen LogP contribution in [0.5, 0.6) is 5.75 Å². The summed E-state index contributed by atoms with van der Waals surface area (Å²) in [6.45, 7) is 1.92. The van der Waals surface area contributed by atoms with Crippen LogP contribution in [0.3, 0.4) is 0 Å². The predicted octanol–water partition coefficient (Wildman–Crippen LogP) is 4.41. The monoisotopic (exact) mass is 370 g/mol. The third-order valence-corrected chi connectivity index (χ3v) is 5.49. The fourth-order valence-corrected chi connectivity index (χ4v) is 3.30. The van der Waals surface area contributed by atoms with E-state index in [4.69, 9.17) is 4.74 Å². The molecule has 0 aromatic heterocycles. The second-order valence-corrected chi connectivity index (χ2v) is 7.85. The molecule has 4 nitrogen and oxygen atoms in total. The number of thioether (sulfide) groups is 1. The number of ether oxygens (including phenoxy) is 1. The first kappa shape index (κ1) is 18.6. The van der Waals surface area contributed by atoms with Gasteiger partial charge in [0.25, 0.3) is 0 Å². The lowest BCUT2D eigenvalue weighted by Gasteiger charge is -2.21. The molecule has 5 heteroatoms. The number of rotatable bonds is 8. The van der Waals surface area contributed by atoms with Gasteiger partial charge in [-0.3, -0.25) is 0 Å². The molecule has 1 aliphatic rings. The summed E-state index contributed by atoms with van der Waals surface area (Å²) in [4.78, 5) is 15.4. The number of hydrogen-bond donors (Lipinski definition) is 1. The fraction of sp³-hybridized carbons (Fsp3) is 0.381. The average molecular weight is 371 g/mol. The number of benzene rings is 2. The van der Waals surface area contributed by atoms with Crippen molar-refractivity contribution in [1.82, 2.24) is 10.2 Å². The molecule has 1 N–H and O–H groups in total. The van der Waals surface area contributed by atoms with E-state index < -0.39 is 0 Å². The van der Waals surface area contributed by atoms with E-state index in [-0.39, 0.29) is 11.4 Å². The van der Waals surface area contributed by atoms with Gasteiger partial charge in [0.05, 0.1) is 6.61 Å². The molecule has 0 saturated heterocycles. The number of hydrogen-bond acceptors (Lipinski definition) is 3. The number of para-hydroxylation sites is 1. The number of nitrogens with zero attached hydrogens (tertiary/aromatic N) is 1. The Bertz CT molecular complexity index is 732. The van der Waals surface area contributed by atoms with Gasteiger partial charge in [-0.05, 0) is 48.9 Å². The molecule has 1 saturated carbocycles. The molecule has 0 radical (unpaired) electrons. The summed E-state index contributed by atoms with van der Waals surface area (Å²) in [6, 6.07) is 18.1. The zero-order valence-corrected chi connectivity index (χ0v) is 16.2. The zero-order valence-electron chi connectivity index (χ0n) is 15.4. The van der Waals surface area contributed by atoms with Crippen molar-refractivity contribution >= 4 is 17.8 Å². The Kier molecular flexibility index (Phi) is 6.09. The number of nitrogens with one attached hydrogen (secondary N) is 1. The minimum absolute atomic E-state index is 0.0365. The summed E-state index contributed by atoms with van der Waals surface area (Å²) in [5, 5.41) is 3.07. The van der Waals surface area contributed by atoms with Gasteiger partial charge in [0.15, 0.2) is 0 Å². The Morgan fingerprint density at radius 2 is 1.96 bits per heavy atom. The van der Waals surface area contributed by atoms with E-state index in [2.05, 4.69) is 29.8 Å². The molecule has 0 spiro atoms. The molecule has 138 valence electrons. The van der Waals surface area contributed by atoms with Crippen LogP contribution in [-0.4, -0.2) is 37.4 Å². The van der Waals surface area contributed by atoms with Gasteiger partial charge in [-0.1, -0.05) is 30.3 Å². The Morgan fingerprint density at radius 3 is 2.65 bits per heavy atom. The van der Waals surface area contributed by atoms with E-state index in [0.717, 1.165) is 24.2 Å². The van der Waals surface area contributed by atoms with Gasteiger partial charge < -0.3 is 15.0 Å². The lowest BCUT2D eigenvalue weighted by Crippen LogP contribution is -2.40. The first-order valence-electron chi connectivity index (χ1n) is 8.90. The zero-order chi connectivity index (χ0) is 18.4. The summed E-state index contributed by atoms with van der Waals surface area (Å²) in [6.07, 6.45) is 4.25. The predicted molar refractivity (Wildman–Crippen MR) is 107 cm³/mol. The smallest absolute Gasteiger partial charge is 0.317 e. The summed E-state index contributed by atoms with van der Waals surface area (Å²) in [5.41, 5.74) is 1.23. The van der Waals surface area contributed by atoms with Crippen LogP contribution in [0.4, 0.5) is 4.79 Å². The van der Waals surface area contributed by atoms with Crippen LogP contribution in [0.25, 0.3) is 0 Å². The van der Waals surface area contributed by atoms with Crippen molar-refractivity contribution in [3.05, 3.63) is 60.2 Å². The number of urea groups is 1. The van der Waals surface area contributed by atoms with E-state index >= 15 is 0 Å². The van der Waals surface area contributed by atoms with Gasteiger partial charge >= 0.3 is 6.03 Å². The Morgan fingerprint density at radius 1 is 1.19 bits per heavy atom. The number of amides is 2. The first-order valence-corrected chi connectivity index (χ1v) is 10.1. The SMILES string of the molecule is CSc1cccc(CN(C)C(=O)NCC2(COc3ccccc3)CC2)c1. The maximum absolute atomic E-state index is 12.4. The molecule has 1 aliphatic carbocycles. The van der Waals surface area contributed by atoms with Crippen molar-refractivity contribution in [2.24, 2.45) is 5.41 Å². The summed E-state index contributed by atoms with van der Waals surface area (Å²) >= 11 is 1.71. The number of carbonyl (C=O) groups excluding carboxylic acids is 1. The normalized spacial score (nSPS) is 14.5. The maximum Gasteiger partial charge on any atom is 0.317 e. The molecule has 2 aromatic carbocycles. The van der Waals surface area contributed by atoms with E-state index in [9.17, 15) is 4.79 Å². The lowest BCUT2D eigenvalue weighted by molar-refractivity contribution is 0.194. The van der Waals surface area contributed by atoms with Crippen molar-refractivity contribution < 1.29 is 9.53 Å². The molecule has 3 rings (SSSR count). The third kappa shape index (κ3) is 5.18. The van der Waals surface area contributed by atoms with E-state index in [1.807, 2.05) is 43.4 Å². The van der Waals surface area contributed by atoms with Crippen LogP contribution in [-0.2, 0) is 6.54 Å². The second kappa shape index (κ2) is 8.49. The molecule has 26 heavy (non-hydrogen) atoms. The summed E-state index contributed by atoms with van der Waals surface area (Å²) in [5.74, 6) is 0.885. The van der Waals surface area contributed by atoms with Crippen LogP contribution < -0.4 is 10.1 Å². The molecule has 2 aromatic rings. The van der Waals surface area contributed by atoms with Gasteiger partial charge in [0.1, 0.15) is 5.75 Å². The molecule has 0 atom stereocenters. The van der Waals surface area contributed by atoms with Gasteiger partial charge in [-0.25, -0.2) is 4.79 Å². The third-order valence-electron chi connectivity index (χ3n) is 4.76. The van der Waals surface area contributed by atoms with Crippen LogP contribution in [0, 0.1) is 5.41 Å². The van der Waals surface area contributed by atoms with Crippen LogP contribution in [0.15, 0.2) is 59.5 Å². The fourth-order valence-electron chi connectivity index (χ4n) is 2.82. The maximum atomic E-state index is 12.4. The largest absolute Gasteiger partial charge is 0.493 e. The molecule has 0 unspecified atom stereocenters.